The summed E-state index contributed by atoms with van der Waals surface area (Å²) in [7, 11) is 0. The predicted octanol–water partition coefficient (Wildman–Crippen LogP) is 0.231. The lowest BCUT2D eigenvalue weighted by Crippen LogP contribution is -2.58. The Morgan fingerprint density at radius 3 is 2.55 bits per heavy atom. The average Bonchev–Trinajstić information content (AvgIpc) is 2.37. The van der Waals surface area contributed by atoms with Crippen LogP contribution in [0.15, 0.2) is 18.2 Å². The zero-order valence-corrected chi connectivity index (χ0v) is 11.5. The van der Waals surface area contributed by atoms with Crippen molar-refractivity contribution in [2.45, 2.75) is 24.7 Å². The van der Waals surface area contributed by atoms with Gasteiger partial charge in [-0.2, -0.15) is 0 Å². The number of hydrogen-bond donors (Lipinski definition) is 4. The van der Waals surface area contributed by atoms with Crippen LogP contribution in [0.1, 0.15) is 5.56 Å². The van der Waals surface area contributed by atoms with E-state index in [2.05, 4.69) is 5.32 Å². The molecule has 4 nitrogen and oxygen atoms in total. The number of aliphatic hydroxyl groups excluding tert-OH is 3. The topological polar surface area (TPSA) is 72.7 Å². The zero-order chi connectivity index (χ0) is 14.0. The summed E-state index contributed by atoms with van der Waals surface area (Å²) in [6, 6.07) is 2.94. The van der Waals surface area contributed by atoms with E-state index in [4.69, 9.17) is 0 Å². The Balaban J connectivity index is 0.00000200. The normalized spacial score (nSPS) is 29.9. The summed E-state index contributed by atoms with van der Waals surface area (Å²) in [4.78, 5) is 0. The van der Waals surface area contributed by atoms with Crippen LogP contribution in [0.3, 0.4) is 0 Å². The summed E-state index contributed by atoms with van der Waals surface area (Å²) in [6.07, 6.45) is -1.80. The number of rotatable bonds is 3. The first kappa shape index (κ1) is 17.3. The molecule has 1 fully saturated rings. The van der Waals surface area contributed by atoms with Gasteiger partial charge in [0.05, 0.1) is 12.2 Å². The first-order valence-electron chi connectivity index (χ1n) is 6.17. The highest BCUT2D eigenvalue weighted by atomic mass is 35.5. The van der Waals surface area contributed by atoms with Crippen molar-refractivity contribution >= 4 is 12.4 Å². The van der Waals surface area contributed by atoms with Crippen LogP contribution in [0.25, 0.3) is 0 Å². The number of hydrogen-bond acceptors (Lipinski definition) is 4. The second-order valence-corrected chi connectivity index (χ2v) is 4.86. The molecule has 1 heterocycles. The van der Waals surface area contributed by atoms with E-state index >= 15 is 0 Å². The smallest absolute Gasteiger partial charge is 0.129 e. The van der Waals surface area contributed by atoms with Gasteiger partial charge in [0.1, 0.15) is 11.6 Å². The fourth-order valence-corrected chi connectivity index (χ4v) is 2.45. The Morgan fingerprint density at radius 2 is 1.95 bits per heavy atom. The number of halogens is 3. The first-order valence-corrected chi connectivity index (χ1v) is 6.17. The zero-order valence-electron chi connectivity index (χ0n) is 10.7. The van der Waals surface area contributed by atoms with Gasteiger partial charge >= 0.3 is 0 Å². The number of nitrogens with one attached hydrogen (secondary N) is 1. The molecule has 0 aliphatic carbocycles. The molecule has 0 bridgehead atoms. The summed E-state index contributed by atoms with van der Waals surface area (Å²) < 4.78 is 26.4. The van der Waals surface area contributed by atoms with Crippen molar-refractivity contribution in [1.82, 2.24) is 5.32 Å². The molecule has 114 valence electrons. The highest BCUT2D eigenvalue weighted by molar-refractivity contribution is 5.85. The maximum atomic E-state index is 13.6. The van der Waals surface area contributed by atoms with Crippen LogP contribution in [-0.4, -0.2) is 46.7 Å². The first-order chi connectivity index (χ1) is 9.02. The van der Waals surface area contributed by atoms with Crippen LogP contribution < -0.4 is 5.32 Å². The molecule has 7 heteroatoms. The third-order valence-corrected chi connectivity index (χ3v) is 3.60. The van der Waals surface area contributed by atoms with Gasteiger partial charge in [-0.25, -0.2) is 8.78 Å². The van der Waals surface area contributed by atoms with Gasteiger partial charge in [-0.05, 0) is 18.1 Å². The second-order valence-electron chi connectivity index (χ2n) is 4.86. The van der Waals surface area contributed by atoms with Gasteiger partial charge in [0.25, 0.3) is 0 Å². The van der Waals surface area contributed by atoms with Crippen molar-refractivity contribution in [3.63, 3.8) is 0 Å². The summed E-state index contributed by atoms with van der Waals surface area (Å²) in [6.45, 7) is -0.149. The standard InChI is InChI=1S/C13H17F2NO3.ClH/c14-8-2-1-7(10(15)4-8)3-11-9(6-17)13(19)12(18)5-16-11;/h1-2,4,9,11-13,16-19H,3,5-6H2;1H/t9-,11-,12+,13+;/m0./s1. The van der Waals surface area contributed by atoms with E-state index in [1.807, 2.05) is 0 Å². The van der Waals surface area contributed by atoms with Crippen molar-refractivity contribution in [2.75, 3.05) is 13.2 Å². The number of β-amino-alcohol motifs (C(OH)–C–C–N with tert-alkyl or cyclic N) is 1. The molecule has 1 aromatic carbocycles. The molecule has 0 aromatic heterocycles. The number of piperidine rings is 1. The number of benzene rings is 1. The van der Waals surface area contributed by atoms with Crippen LogP contribution >= 0.6 is 12.4 Å². The van der Waals surface area contributed by atoms with E-state index in [0.717, 1.165) is 6.07 Å². The predicted molar refractivity (Wildman–Crippen MR) is 71.7 cm³/mol. The maximum absolute atomic E-state index is 13.6. The van der Waals surface area contributed by atoms with Crippen LogP contribution in [0.2, 0.25) is 0 Å². The lowest BCUT2D eigenvalue weighted by Gasteiger charge is -2.38. The molecule has 0 unspecified atom stereocenters. The van der Waals surface area contributed by atoms with Crippen LogP contribution in [0.5, 0.6) is 0 Å². The minimum absolute atomic E-state index is 0. The van der Waals surface area contributed by atoms with Crippen LogP contribution in [-0.2, 0) is 6.42 Å². The molecule has 4 N–H and O–H groups in total. The Hall–Kier alpha value is -0.790. The molecule has 1 aromatic rings. The van der Waals surface area contributed by atoms with E-state index in [1.165, 1.54) is 12.1 Å². The van der Waals surface area contributed by atoms with Gasteiger partial charge in [0.15, 0.2) is 0 Å². The van der Waals surface area contributed by atoms with Crippen molar-refractivity contribution < 1.29 is 24.1 Å². The Morgan fingerprint density at radius 1 is 1.25 bits per heavy atom. The summed E-state index contributed by atoms with van der Waals surface area (Å²) in [5.74, 6) is -1.89. The molecule has 2 rings (SSSR count). The van der Waals surface area contributed by atoms with E-state index in [1.54, 1.807) is 0 Å². The molecule has 0 spiro atoms. The number of aliphatic hydroxyl groups is 3. The summed E-state index contributed by atoms with van der Waals surface area (Å²) in [5.41, 5.74) is 0.306. The molecule has 4 atom stereocenters. The van der Waals surface area contributed by atoms with Crippen LogP contribution in [0.4, 0.5) is 8.78 Å². The molecule has 1 aliphatic rings. The molecule has 20 heavy (non-hydrogen) atoms. The monoisotopic (exact) mass is 309 g/mol. The average molecular weight is 310 g/mol. The van der Waals surface area contributed by atoms with E-state index < -0.39 is 29.8 Å². The van der Waals surface area contributed by atoms with Crippen molar-refractivity contribution in [3.8, 4) is 0 Å². The second kappa shape index (κ2) is 7.28. The molecular weight excluding hydrogens is 292 g/mol. The third kappa shape index (κ3) is 3.65. The lowest BCUT2D eigenvalue weighted by atomic mass is 9.84. The molecule has 0 radical (unpaired) electrons. The maximum Gasteiger partial charge on any atom is 0.129 e. The highest BCUT2D eigenvalue weighted by Gasteiger charge is 2.37. The largest absolute Gasteiger partial charge is 0.396 e. The van der Waals surface area contributed by atoms with Crippen molar-refractivity contribution in [1.29, 1.82) is 0 Å². The van der Waals surface area contributed by atoms with E-state index in [0.29, 0.717) is 5.56 Å². The quantitative estimate of drug-likeness (QED) is 0.645. The highest BCUT2D eigenvalue weighted by Crippen LogP contribution is 2.22. The minimum atomic E-state index is -1.06. The molecule has 1 saturated heterocycles. The molecular formula is C13H18ClF2NO3. The molecule has 0 amide bonds. The SMILES string of the molecule is Cl.OC[C@@H]1[C@@H](O)[C@H](O)CN[C@H]1Cc1ccc(F)cc1F. The van der Waals surface area contributed by atoms with Crippen molar-refractivity contribution in [3.05, 3.63) is 35.4 Å². The van der Waals surface area contributed by atoms with Crippen LogP contribution in [0, 0.1) is 17.6 Å². The van der Waals surface area contributed by atoms with Gasteiger partial charge < -0.3 is 20.6 Å². The van der Waals surface area contributed by atoms with Crippen molar-refractivity contribution in [2.24, 2.45) is 5.92 Å². The lowest BCUT2D eigenvalue weighted by molar-refractivity contribution is -0.0665. The molecule has 1 aliphatic heterocycles. The fraction of sp³-hybridized carbons (Fsp3) is 0.538. The van der Waals surface area contributed by atoms with E-state index in [9.17, 15) is 24.1 Å². The summed E-state index contributed by atoms with van der Waals surface area (Å²) >= 11 is 0. The van der Waals surface area contributed by atoms with E-state index in [-0.39, 0.29) is 38.0 Å². The molecule has 0 saturated carbocycles. The third-order valence-electron chi connectivity index (χ3n) is 3.60. The van der Waals surface area contributed by atoms with Gasteiger partial charge in [-0.1, -0.05) is 6.07 Å². The van der Waals surface area contributed by atoms with Gasteiger partial charge in [-0.3, -0.25) is 0 Å². The van der Waals surface area contributed by atoms with Gasteiger partial charge in [-0.15, -0.1) is 12.4 Å². The van der Waals surface area contributed by atoms with Gasteiger partial charge in [0.2, 0.25) is 0 Å². The Labute approximate surface area is 121 Å². The Kier molecular flexibility index (Phi) is 6.29. The van der Waals surface area contributed by atoms with Gasteiger partial charge in [0, 0.05) is 31.2 Å². The fourth-order valence-electron chi connectivity index (χ4n) is 2.45. The minimum Gasteiger partial charge on any atom is -0.396 e. The summed E-state index contributed by atoms with van der Waals surface area (Å²) in [5, 5.41) is 31.5. The Bertz CT molecular complexity index is 450.